The number of nitrogen functional groups attached to an aromatic ring is 1. The van der Waals surface area contributed by atoms with Crippen molar-refractivity contribution in [1.29, 1.82) is 5.41 Å². The molecular weight excluding hydrogens is 591 g/mol. The molecule has 0 heterocycles. The van der Waals surface area contributed by atoms with Crippen molar-refractivity contribution in [3.63, 3.8) is 0 Å². The summed E-state index contributed by atoms with van der Waals surface area (Å²) < 4.78 is 17.4. The lowest BCUT2D eigenvalue weighted by Crippen LogP contribution is -2.52. The molecule has 5 N–H and O–H groups in total. The summed E-state index contributed by atoms with van der Waals surface area (Å²) in [6.45, 7) is 1.53. The van der Waals surface area contributed by atoms with Crippen LogP contribution in [0.15, 0.2) is 91.0 Å². The van der Waals surface area contributed by atoms with Crippen LogP contribution in [-0.2, 0) is 33.2 Å². The van der Waals surface area contributed by atoms with E-state index in [0.717, 1.165) is 11.1 Å². The summed E-state index contributed by atoms with van der Waals surface area (Å²) in [4.78, 5) is 26.5. The third-order valence-corrected chi connectivity index (χ3v) is 6.75. The van der Waals surface area contributed by atoms with Crippen molar-refractivity contribution in [1.82, 2.24) is 5.32 Å². The van der Waals surface area contributed by atoms with E-state index in [1.807, 2.05) is 30.3 Å². The third-order valence-electron chi connectivity index (χ3n) is 6.32. The van der Waals surface area contributed by atoms with Crippen molar-refractivity contribution in [2.75, 3.05) is 12.4 Å². The van der Waals surface area contributed by atoms with Gasteiger partial charge in [-0.25, -0.2) is 0 Å². The fraction of sp³-hybridized carbons (Fsp3) is 0.156. The number of carbonyl (C=O) groups excluding carboxylic acids is 2. The SMILES string of the molecule is COc1cc([C@](Nc2ccc(C(=N)N)cc2)(OC(C)=O)C(=O)NCc2ccccc2)ccc1OCc1cc(Cl)cc(Cl)c1. The molecule has 11 heteroatoms. The zero-order valence-electron chi connectivity index (χ0n) is 23.4. The lowest BCUT2D eigenvalue weighted by atomic mass is 9.99. The van der Waals surface area contributed by atoms with Gasteiger partial charge in [-0.3, -0.25) is 15.0 Å². The zero-order valence-corrected chi connectivity index (χ0v) is 25.0. The highest BCUT2D eigenvalue weighted by Crippen LogP contribution is 2.36. The van der Waals surface area contributed by atoms with E-state index < -0.39 is 17.6 Å². The van der Waals surface area contributed by atoms with E-state index in [2.05, 4.69) is 10.6 Å². The van der Waals surface area contributed by atoms with Crippen molar-refractivity contribution < 1.29 is 23.8 Å². The summed E-state index contributed by atoms with van der Waals surface area (Å²) in [7, 11) is 1.46. The number of rotatable bonds is 12. The highest BCUT2D eigenvalue weighted by Gasteiger charge is 2.45. The van der Waals surface area contributed by atoms with Crippen LogP contribution in [0.3, 0.4) is 0 Å². The van der Waals surface area contributed by atoms with Gasteiger partial charge < -0.3 is 30.6 Å². The average molecular weight is 622 g/mol. The Labute approximate surface area is 259 Å². The maximum atomic E-state index is 14.0. The molecule has 0 aliphatic heterocycles. The van der Waals surface area contributed by atoms with Gasteiger partial charge in [-0.1, -0.05) is 53.5 Å². The number of amidine groups is 1. The number of amides is 1. The van der Waals surface area contributed by atoms with Crippen molar-refractivity contribution >= 4 is 46.6 Å². The van der Waals surface area contributed by atoms with Gasteiger partial charge in [0.25, 0.3) is 11.6 Å². The van der Waals surface area contributed by atoms with Crippen LogP contribution in [0.1, 0.15) is 29.2 Å². The maximum Gasteiger partial charge on any atom is 0.305 e. The second kappa shape index (κ2) is 14.0. The van der Waals surface area contributed by atoms with Crippen molar-refractivity contribution in [3.05, 3.63) is 123 Å². The zero-order chi connectivity index (χ0) is 31.0. The molecule has 9 nitrogen and oxygen atoms in total. The first-order chi connectivity index (χ1) is 20.6. The second-order valence-electron chi connectivity index (χ2n) is 9.49. The lowest BCUT2D eigenvalue weighted by Gasteiger charge is -2.34. The normalized spacial score (nSPS) is 12.0. The summed E-state index contributed by atoms with van der Waals surface area (Å²) >= 11 is 12.2. The third kappa shape index (κ3) is 7.97. The minimum atomic E-state index is -2.02. The Morgan fingerprint density at radius 2 is 1.56 bits per heavy atom. The standard InChI is InChI=1S/C32H30Cl2N4O5/c1-20(39)43-32(31(40)37-18-21-6-4-3-5-7-21,38-27-11-8-23(9-12-27)30(35)36)24-10-13-28(29(16-24)41-2)42-19-22-14-25(33)17-26(34)15-22/h3-17,38H,18-19H2,1-2H3,(H3,35,36)(H,37,40)/t32-/m0/s1. The number of halogens is 2. The number of methoxy groups -OCH3 is 1. The molecule has 0 unspecified atom stereocenters. The molecular formula is C32H30Cl2N4O5. The minimum absolute atomic E-state index is 0.112. The molecule has 0 saturated heterocycles. The fourth-order valence-electron chi connectivity index (χ4n) is 4.31. The monoisotopic (exact) mass is 620 g/mol. The van der Waals surface area contributed by atoms with Gasteiger partial charge in [-0.2, -0.15) is 0 Å². The van der Waals surface area contributed by atoms with Crippen LogP contribution in [0.2, 0.25) is 10.0 Å². The van der Waals surface area contributed by atoms with Gasteiger partial charge in [-0.15, -0.1) is 0 Å². The van der Waals surface area contributed by atoms with Gasteiger partial charge in [0.1, 0.15) is 12.4 Å². The lowest BCUT2D eigenvalue weighted by molar-refractivity contribution is -0.165. The van der Waals surface area contributed by atoms with Crippen LogP contribution in [-0.4, -0.2) is 24.8 Å². The number of hydrogen-bond donors (Lipinski definition) is 4. The maximum absolute atomic E-state index is 14.0. The number of ether oxygens (including phenoxy) is 3. The molecule has 4 aromatic carbocycles. The quantitative estimate of drug-likeness (QED) is 0.0659. The molecule has 1 amide bonds. The molecule has 0 aliphatic carbocycles. The molecule has 0 fully saturated rings. The summed E-state index contributed by atoms with van der Waals surface area (Å²) in [5, 5.41) is 14.6. The Balaban J connectivity index is 1.73. The Kier molecular flexibility index (Phi) is 10.1. The van der Waals surface area contributed by atoms with E-state index in [0.29, 0.717) is 27.0 Å². The smallest absolute Gasteiger partial charge is 0.305 e. The molecule has 0 aromatic heterocycles. The number of hydrogen-bond acceptors (Lipinski definition) is 7. The van der Waals surface area contributed by atoms with Gasteiger partial charge in [0, 0.05) is 40.3 Å². The Morgan fingerprint density at radius 3 is 2.16 bits per heavy atom. The molecule has 43 heavy (non-hydrogen) atoms. The molecule has 1 atom stereocenters. The van der Waals surface area contributed by atoms with Crippen molar-refractivity contribution in [3.8, 4) is 11.5 Å². The minimum Gasteiger partial charge on any atom is -0.493 e. The number of esters is 1. The predicted molar refractivity (Wildman–Crippen MR) is 167 cm³/mol. The number of nitrogens with two attached hydrogens (primary N) is 1. The van der Waals surface area contributed by atoms with Crippen LogP contribution < -0.4 is 25.8 Å². The largest absolute Gasteiger partial charge is 0.493 e. The summed E-state index contributed by atoms with van der Waals surface area (Å²) in [6.07, 6.45) is 0. The van der Waals surface area contributed by atoms with Gasteiger partial charge in [-0.05, 0) is 71.8 Å². The number of nitrogens with one attached hydrogen (secondary N) is 3. The molecule has 222 valence electrons. The Hall–Kier alpha value is -4.73. The number of anilines is 1. The van der Waals surface area contributed by atoms with Crippen molar-refractivity contribution in [2.45, 2.75) is 25.8 Å². The molecule has 4 aromatic rings. The van der Waals surface area contributed by atoms with Gasteiger partial charge in [0.15, 0.2) is 11.5 Å². The van der Waals surface area contributed by atoms with Gasteiger partial charge >= 0.3 is 5.97 Å². The first-order valence-electron chi connectivity index (χ1n) is 13.1. The van der Waals surface area contributed by atoms with Gasteiger partial charge in [0.2, 0.25) is 0 Å². The summed E-state index contributed by atoms with van der Waals surface area (Å²) in [6, 6.07) is 25.7. The molecule has 0 spiro atoms. The highest BCUT2D eigenvalue weighted by molar-refractivity contribution is 6.34. The Morgan fingerprint density at radius 1 is 0.884 bits per heavy atom. The number of benzene rings is 4. The van der Waals surface area contributed by atoms with E-state index in [-0.39, 0.29) is 30.3 Å². The van der Waals surface area contributed by atoms with Crippen LogP contribution in [0.25, 0.3) is 0 Å². The number of carbonyl (C=O) groups is 2. The van der Waals surface area contributed by atoms with Gasteiger partial charge in [0.05, 0.1) is 7.11 Å². The predicted octanol–water partition coefficient (Wildman–Crippen LogP) is 6.01. The Bertz CT molecular complexity index is 1600. The van der Waals surface area contributed by atoms with Crippen LogP contribution >= 0.6 is 23.2 Å². The molecule has 0 radical (unpaired) electrons. The van der Waals surface area contributed by atoms with Crippen LogP contribution in [0.5, 0.6) is 11.5 Å². The summed E-state index contributed by atoms with van der Waals surface area (Å²) in [5.41, 5.74) is 6.35. The van der Waals surface area contributed by atoms with E-state index in [9.17, 15) is 9.59 Å². The first-order valence-corrected chi connectivity index (χ1v) is 13.9. The molecule has 0 aliphatic rings. The fourth-order valence-corrected chi connectivity index (χ4v) is 4.88. The second-order valence-corrected chi connectivity index (χ2v) is 10.4. The van der Waals surface area contributed by atoms with Crippen LogP contribution in [0, 0.1) is 5.41 Å². The molecule has 0 saturated carbocycles. The van der Waals surface area contributed by atoms with Crippen LogP contribution in [0.4, 0.5) is 5.69 Å². The van der Waals surface area contributed by atoms with E-state index in [1.165, 1.54) is 14.0 Å². The average Bonchev–Trinajstić information content (AvgIpc) is 2.98. The van der Waals surface area contributed by atoms with Crippen molar-refractivity contribution in [2.24, 2.45) is 5.73 Å². The van der Waals surface area contributed by atoms with E-state index in [4.69, 9.17) is 48.6 Å². The highest BCUT2D eigenvalue weighted by atomic mass is 35.5. The first kappa shape index (κ1) is 31.2. The van der Waals surface area contributed by atoms with E-state index >= 15 is 0 Å². The molecule has 0 bridgehead atoms. The summed E-state index contributed by atoms with van der Waals surface area (Å²) in [5.74, 6) is -0.800. The molecule has 4 rings (SSSR count). The topological polar surface area (TPSA) is 136 Å². The van der Waals surface area contributed by atoms with E-state index in [1.54, 1.807) is 60.7 Å².